The third kappa shape index (κ3) is 4.71. The number of nitrogens with one attached hydrogen (secondary N) is 2. The lowest BCUT2D eigenvalue weighted by Gasteiger charge is -2.08. The van der Waals surface area contributed by atoms with E-state index in [2.05, 4.69) is 9.71 Å². The van der Waals surface area contributed by atoms with E-state index in [0.29, 0.717) is 23.4 Å². The van der Waals surface area contributed by atoms with E-state index < -0.39 is 39.1 Å². The molecule has 2 N–H and O–H groups in total. The Morgan fingerprint density at radius 1 is 1.10 bits per heavy atom. The largest absolute Gasteiger partial charge is 0.457 e. The molecule has 0 unspecified atom stereocenters. The van der Waals surface area contributed by atoms with Crippen LogP contribution in [0.5, 0.6) is 0 Å². The Balaban J connectivity index is 1.53. The summed E-state index contributed by atoms with van der Waals surface area (Å²) in [5.74, 6) is -3.65. The predicted octanol–water partition coefficient (Wildman–Crippen LogP) is 2.85. The van der Waals surface area contributed by atoms with Crippen molar-refractivity contribution in [3.63, 3.8) is 0 Å². The zero-order valence-corrected chi connectivity index (χ0v) is 16.7. The monoisotopic (exact) mass is 436 g/mol. The number of esters is 1. The van der Waals surface area contributed by atoms with Gasteiger partial charge in [0.25, 0.3) is 0 Å². The van der Waals surface area contributed by atoms with Crippen LogP contribution >= 0.6 is 0 Å². The SMILES string of the molecule is Cc1[nH]c2ccccc2c1C(=O)COC(=O)CCNS(=O)(=O)c1ccc(F)c(F)c1. The number of hydrogen-bond donors (Lipinski definition) is 2. The van der Waals surface area contributed by atoms with Gasteiger partial charge in [-0.25, -0.2) is 21.9 Å². The fraction of sp³-hybridized carbons (Fsp3) is 0.200. The molecule has 0 spiro atoms. The van der Waals surface area contributed by atoms with E-state index in [1.165, 1.54) is 0 Å². The van der Waals surface area contributed by atoms with Crippen LogP contribution in [0.4, 0.5) is 8.78 Å². The molecule has 0 saturated carbocycles. The van der Waals surface area contributed by atoms with Crippen LogP contribution in [-0.4, -0.2) is 38.3 Å². The number of benzene rings is 2. The molecular formula is C20H18F2N2O5S. The molecular weight excluding hydrogens is 418 g/mol. The van der Waals surface area contributed by atoms with E-state index in [1.54, 1.807) is 19.1 Å². The molecule has 0 aliphatic carbocycles. The minimum absolute atomic E-state index is 0.333. The van der Waals surface area contributed by atoms with Crippen LogP contribution < -0.4 is 4.72 Å². The van der Waals surface area contributed by atoms with Gasteiger partial charge in [-0.05, 0) is 31.2 Å². The Bertz CT molecular complexity index is 1220. The lowest BCUT2D eigenvalue weighted by molar-refractivity contribution is -0.142. The summed E-state index contributed by atoms with van der Waals surface area (Å²) in [4.78, 5) is 26.9. The minimum Gasteiger partial charge on any atom is -0.457 e. The molecule has 158 valence electrons. The molecule has 0 atom stereocenters. The Morgan fingerprint density at radius 2 is 1.83 bits per heavy atom. The molecule has 0 radical (unpaired) electrons. The van der Waals surface area contributed by atoms with Gasteiger partial charge in [-0.3, -0.25) is 9.59 Å². The molecule has 0 saturated heterocycles. The number of ether oxygens (including phenoxy) is 1. The Morgan fingerprint density at radius 3 is 2.57 bits per heavy atom. The van der Waals surface area contributed by atoms with Crippen LogP contribution in [0.2, 0.25) is 0 Å². The van der Waals surface area contributed by atoms with Crippen molar-refractivity contribution in [2.45, 2.75) is 18.2 Å². The van der Waals surface area contributed by atoms with Crippen LogP contribution in [0.15, 0.2) is 47.4 Å². The second-order valence-corrected chi connectivity index (χ2v) is 8.25. The number of carbonyl (C=O) groups is 2. The Labute approximate surface area is 171 Å². The first-order valence-electron chi connectivity index (χ1n) is 8.90. The van der Waals surface area contributed by atoms with E-state index in [1.807, 2.05) is 12.1 Å². The number of aromatic amines is 1. The summed E-state index contributed by atoms with van der Waals surface area (Å²) in [6, 6.07) is 9.35. The summed E-state index contributed by atoms with van der Waals surface area (Å²) in [5, 5.41) is 0.718. The second-order valence-electron chi connectivity index (χ2n) is 6.48. The fourth-order valence-corrected chi connectivity index (χ4v) is 3.98. The van der Waals surface area contributed by atoms with Crippen LogP contribution in [0.3, 0.4) is 0 Å². The van der Waals surface area contributed by atoms with Gasteiger partial charge in [0, 0.05) is 28.7 Å². The van der Waals surface area contributed by atoms with Crippen molar-refractivity contribution in [1.29, 1.82) is 0 Å². The smallest absolute Gasteiger partial charge is 0.307 e. The van der Waals surface area contributed by atoms with Gasteiger partial charge in [0.2, 0.25) is 15.8 Å². The Hall–Kier alpha value is -3.11. The molecule has 7 nitrogen and oxygen atoms in total. The number of para-hydroxylation sites is 1. The third-order valence-electron chi connectivity index (χ3n) is 4.36. The number of H-pyrrole nitrogens is 1. The number of aromatic nitrogens is 1. The molecule has 1 aromatic heterocycles. The topological polar surface area (TPSA) is 105 Å². The van der Waals surface area contributed by atoms with Crippen LogP contribution in [0.1, 0.15) is 22.5 Å². The van der Waals surface area contributed by atoms with Gasteiger partial charge in [-0.2, -0.15) is 0 Å². The lowest BCUT2D eigenvalue weighted by atomic mass is 10.1. The summed E-state index contributed by atoms with van der Waals surface area (Å²) < 4.78 is 57.3. The molecule has 3 rings (SSSR count). The van der Waals surface area contributed by atoms with Crippen LogP contribution in [0, 0.1) is 18.6 Å². The highest BCUT2D eigenvalue weighted by Crippen LogP contribution is 2.22. The number of hydrogen-bond acceptors (Lipinski definition) is 5. The number of ketones is 1. The molecule has 3 aromatic rings. The van der Waals surface area contributed by atoms with E-state index >= 15 is 0 Å². The molecule has 0 aliphatic rings. The standard InChI is InChI=1S/C20H18F2N2O5S/c1-12-20(14-4-2-3-5-17(14)24-12)18(25)11-29-19(26)8-9-23-30(27,28)13-6-7-15(21)16(22)10-13/h2-7,10,23-24H,8-9,11H2,1H3. The van der Waals surface area contributed by atoms with E-state index in [4.69, 9.17) is 4.74 Å². The average molecular weight is 436 g/mol. The van der Waals surface area contributed by atoms with E-state index in [0.717, 1.165) is 17.0 Å². The minimum atomic E-state index is -4.13. The first-order chi connectivity index (χ1) is 14.2. The van der Waals surface area contributed by atoms with Crippen LogP contribution in [0.25, 0.3) is 10.9 Å². The number of aryl methyl sites for hydroxylation is 1. The maximum atomic E-state index is 13.2. The number of halogens is 2. The van der Waals surface area contributed by atoms with Gasteiger partial charge < -0.3 is 9.72 Å². The van der Waals surface area contributed by atoms with Crippen LogP contribution in [-0.2, 0) is 19.6 Å². The number of rotatable bonds is 8. The first kappa shape index (κ1) is 21.6. The quantitative estimate of drug-likeness (QED) is 0.417. The summed E-state index contributed by atoms with van der Waals surface area (Å²) in [7, 11) is -4.13. The molecule has 1 heterocycles. The normalized spacial score (nSPS) is 11.6. The molecule has 0 bridgehead atoms. The number of sulfonamides is 1. The van der Waals surface area contributed by atoms with Crippen molar-refractivity contribution >= 4 is 32.7 Å². The lowest BCUT2D eigenvalue weighted by Crippen LogP contribution is -2.27. The maximum absolute atomic E-state index is 13.2. The third-order valence-corrected chi connectivity index (χ3v) is 5.82. The molecule has 0 fully saturated rings. The maximum Gasteiger partial charge on any atom is 0.307 e. The average Bonchev–Trinajstić information content (AvgIpc) is 3.03. The highest BCUT2D eigenvalue weighted by molar-refractivity contribution is 7.89. The molecule has 10 heteroatoms. The summed E-state index contributed by atoms with van der Waals surface area (Å²) >= 11 is 0. The van der Waals surface area contributed by atoms with Gasteiger partial charge in [0.15, 0.2) is 18.2 Å². The first-order valence-corrected chi connectivity index (χ1v) is 10.4. The van der Waals surface area contributed by atoms with E-state index in [9.17, 15) is 26.8 Å². The zero-order chi connectivity index (χ0) is 21.9. The van der Waals surface area contributed by atoms with Gasteiger partial charge in [-0.1, -0.05) is 18.2 Å². The van der Waals surface area contributed by atoms with Gasteiger partial charge in [0.05, 0.1) is 11.3 Å². The van der Waals surface area contributed by atoms with Crippen molar-refractivity contribution in [2.75, 3.05) is 13.2 Å². The molecule has 0 amide bonds. The van der Waals surface area contributed by atoms with Crippen molar-refractivity contribution in [2.24, 2.45) is 0 Å². The van der Waals surface area contributed by atoms with E-state index in [-0.39, 0.29) is 18.7 Å². The van der Waals surface area contributed by atoms with Gasteiger partial charge in [-0.15, -0.1) is 0 Å². The Kier molecular flexibility index (Phi) is 6.28. The predicted molar refractivity (Wildman–Crippen MR) is 104 cm³/mol. The second kappa shape index (κ2) is 8.72. The van der Waals surface area contributed by atoms with Crippen molar-refractivity contribution < 1.29 is 31.5 Å². The number of carbonyl (C=O) groups excluding carboxylic acids is 2. The number of Topliss-reactive ketones (excluding diaryl/α,β-unsaturated/α-hetero) is 1. The number of fused-ring (bicyclic) bond motifs is 1. The summed E-state index contributed by atoms with van der Waals surface area (Å²) in [5.41, 5.74) is 1.87. The zero-order valence-electron chi connectivity index (χ0n) is 15.9. The molecule has 30 heavy (non-hydrogen) atoms. The van der Waals surface area contributed by atoms with Crippen molar-refractivity contribution in [3.05, 3.63) is 65.4 Å². The summed E-state index contributed by atoms with van der Waals surface area (Å²) in [6.07, 6.45) is -0.344. The molecule has 0 aliphatic heterocycles. The highest BCUT2D eigenvalue weighted by atomic mass is 32.2. The van der Waals surface area contributed by atoms with Gasteiger partial charge in [0.1, 0.15) is 0 Å². The molecule has 2 aromatic carbocycles. The summed E-state index contributed by atoms with van der Waals surface area (Å²) in [6.45, 7) is 0.917. The van der Waals surface area contributed by atoms with Crippen molar-refractivity contribution in [1.82, 2.24) is 9.71 Å². The fourth-order valence-electron chi connectivity index (χ4n) is 2.94. The van der Waals surface area contributed by atoms with Gasteiger partial charge >= 0.3 is 5.97 Å². The van der Waals surface area contributed by atoms with Crippen molar-refractivity contribution in [3.8, 4) is 0 Å². The highest BCUT2D eigenvalue weighted by Gasteiger charge is 2.19.